The van der Waals surface area contributed by atoms with Crippen LogP contribution >= 0.6 is 11.3 Å². The summed E-state index contributed by atoms with van der Waals surface area (Å²) in [7, 11) is 0. The quantitative estimate of drug-likeness (QED) is 0.636. The van der Waals surface area contributed by atoms with Crippen molar-refractivity contribution in [2.45, 2.75) is 46.1 Å². The van der Waals surface area contributed by atoms with E-state index >= 15 is 0 Å². The van der Waals surface area contributed by atoms with Gasteiger partial charge in [-0.15, -0.1) is 11.3 Å². The minimum atomic E-state index is -0.127. The van der Waals surface area contributed by atoms with Gasteiger partial charge >= 0.3 is 0 Å². The van der Waals surface area contributed by atoms with Crippen LogP contribution in [0.4, 0.5) is 0 Å². The number of ether oxygens (including phenoxy) is 1. The van der Waals surface area contributed by atoms with Gasteiger partial charge in [0.25, 0.3) is 5.91 Å². The maximum Gasteiger partial charge on any atom is 0.263 e. The molecule has 1 fully saturated rings. The summed E-state index contributed by atoms with van der Waals surface area (Å²) in [6.07, 6.45) is 3.87. The van der Waals surface area contributed by atoms with Crippen molar-refractivity contribution in [1.29, 1.82) is 0 Å². The molecule has 4 rings (SSSR count). The van der Waals surface area contributed by atoms with E-state index in [0.717, 1.165) is 25.2 Å². The predicted molar refractivity (Wildman–Crippen MR) is 121 cm³/mol. The number of aryl methyl sites for hydroxylation is 1. The smallest absolute Gasteiger partial charge is 0.263 e. The Labute approximate surface area is 186 Å². The normalized spacial score (nSPS) is 19.3. The summed E-state index contributed by atoms with van der Waals surface area (Å²) in [6.45, 7) is 9.36. The van der Waals surface area contributed by atoms with Gasteiger partial charge in [0.1, 0.15) is 4.88 Å². The lowest BCUT2D eigenvalue weighted by Gasteiger charge is -2.35. The van der Waals surface area contributed by atoms with E-state index in [1.165, 1.54) is 16.9 Å². The molecule has 31 heavy (non-hydrogen) atoms. The molecule has 0 aliphatic carbocycles. The van der Waals surface area contributed by atoms with E-state index in [2.05, 4.69) is 63.3 Å². The Bertz CT molecular complexity index is 1010. The van der Waals surface area contributed by atoms with Gasteiger partial charge in [-0.2, -0.15) is 0 Å². The molecule has 1 N–H and O–H groups in total. The zero-order valence-corrected chi connectivity index (χ0v) is 18.9. The third-order valence-electron chi connectivity index (χ3n) is 5.14. The number of rotatable bonds is 6. The Morgan fingerprint density at radius 2 is 1.77 bits per heavy atom. The first-order valence-corrected chi connectivity index (χ1v) is 11.3. The molecule has 1 saturated heterocycles. The highest BCUT2D eigenvalue weighted by atomic mass is 32.1. The lowest BCUT2D eigenvalue weighted by Crippen LogP contribution is -2.44. The lowest BCUT2D eigenvalue weighted by atomic mass is 10.1. The molecule has 1 aromatic carbocycles. The van der Waals surface area contributed by atoms with E-state index in [1.807, 2.05) is 6.92 Å². The third kappa shape index (κ3) is 5.52. The molecule has 0 bridgehead atoms. The fourth-order valence-corrected chi connectivity index (χ4v) is 4.74. The molecule has 1 amide bonds. The number of benzene rings is 1. The first-order valence-electron chi connectivity index (χ1n) is 10.5. The molecular weight excluding hydrogens is 410 g/mol. The lowest BCUT2D eigenvalue weighted by molar-refractivity contribution is -0.0704. The second-order valence-electron chi connectivity index (χ2n) is 7.96. The van der Waals surface area contributed by atoms with Crippen LogP contribution in [-0.2, 0) is 17.8 Å². The molecule has 3 heterocycles. The van der Waals surface area contributed by atoms with Crippen molar-refractivity contribution in [2.75, 3.05) is 13.1 Å². The topological polar surface area (TPSA) is 80.2 Å². The van der Waals surface area contributed by atoms with Crippen molar-refractivity contribution in [2.24, 2.45) is 0 Å². The Morgan fingerprint density at radius 1 is 1.13 bits per heavy atom. The average molecular weight is 438 g/mol. The minimum Gasteiger partial charge on any atom is -0.373 e. The molecular formula is C23H27N5O2S. The molecule has 2 atom stereocenters. The molecule has 1 aliphatic rings. The van der Waals surface area contributed by atoms with Crippen LogP contribution in [0, 0.1) is 6.92 Å². The van der Waals surface area contributed by atoms with Crippen LogP contribution < -0.4 is 5.32 Å². The Hall–Kier alpha value is -2.68. The zero-order valence-electron chi connectivity index (χ0n) is 18.0. The first-order chi connectivity index (χ1) is 15.0. The molecule has 1 aliphatic heterocycles. The third-order valence-corrected chi connectivity index (χ3v) is 6.29. The van der Waals surface area contributed by atoms with Crippen LogP contribution in [-0.4, -0.2) is 51.1 Å². The zero-order chi connectivity index (χ0) is 21.8. The van der Waals surface area contributed by atoms with Crippen LogP contribution in [0.5, 0.6) is 0 Å². The van der Waals surface area contributed by atoms with Crippen molar-refractivity contribution in [1.82, 2.24) is 25.2 Å². The number of hydrogen-bond acceptors (Lipinski definition) is 7. The fourth-order valence-electron chi connectivity index (χ4n) is 3.81. The number of nitrogens with zero attached hydrogens (tertiary/aromatic N) is 4. The molecule has 7 nitrogen and oxygen atoms in total. The van der Waals surface area contributed by atoms with Crippen LogP contribution in [0.15, 0.2) is 42.7 Å². The molecule has 162 valence electrons. The maximum atomic E-state index is 12.7. The van der Waals surface area contributed by atoms with Crippen LogP contribution in [0.25, 0.3) is 10.8 Å². The van der Waals surface area contributed by atoms with Crippen molar-refractivity contribution >= 4 is 17.2 Å². The number of nitrogens with one attached hydrogen (secondary N) is 1. The van der Waals surface area contributed by atoms with Gasteiger partial charge in [-0.05, 0) is 38.0 Å². The fraction of sp³-hybridized carbons (Fsp3) is 0.391. The van der Waals surface area contributed by atoms with Gasteiger partial charge in [-0.1, -0.05) is 24.3 Å². The van der Waals surface area contributed by atoms with Gasteiger partial charge in [0, 0.05) is 38.6 Å². The summed E-state index contributed by atoms with van der Waals surface area (Å²) in [5.74, 6) is 0.409. The van der Waals surface area contributed by atoms with Crippen LogP contribution in [0.1, 0.15) is 40.3 Å². The number of thiazole rings is 1. The molecule has 0 spiro atoms. The van der Waals surface area contributed by atoms with Gasteiger partial charge in [0.15, 0.2) is 10.8 Å². The molecule has 3 aromatic rings. The first kappa shape index (κ1) is 21.5. The Kier molecular flexibility index (Phi) is 6.70. The van der Waals surface area contributed by atoms with Crippen molar-refractivity contribution < 1.29 is 9.53 Å². The van der Waals surface area contributed by atoms with Gasteiger partial charge in [-0.25, -0.2) is 15.0 Å². The minimum absolute atomic E-state index is 0.127. The van der Waals surface area contributed by atoms with Gasteiger partial charge < -0.3 is 10.1 Å². The molecule has 0 saturated carbocycles. The van der Waals surface area contributed by atoms with E-state index in [4.69, 9.17) is 4.74 Å². The summed E-state index contributed by atoms with van der Waals surface area (Å²) in [6, 6.07) is 10.2. The van der Waals surface area contributed by atoms with Gasteiger partial charge in [0.05, 0.1) is 17.9 Å². The summed E-state index contributed by atoms with van der Waals surface area (Å²) in [5, 5.41) is 3.65. The summed E-state index contributed by atoms with van der Waals surface area (Å²) < 4.78 is 5.81. The molecule has 2 unspecified atom stereocenters. The van der Waals surface area contributed by atoms with Crippen molar-refractivity contribution in [3.05, 3.63) is 64.4 Å². The number of hydrogen-bond donors (Lipinski definition) is 1. The number of morpholine rings is 1. The summed E-state index contributed by atoms with van der Waals surface area (Å²) in [4.78, 5) is 28.6. The number of aromatic nitrogens is 3. The van der Waals surface area contributed by atoms with E-state index < -0.39 is 0 Å². The van der Waals surface area contributed by atoms with E-state index in [1.54, 1.807) is 18.5 Å². The van der Waals surface area contributed by atoms with Gasteiger partial charge in [0.2, 0.25) is 0 Å². The highest BCUT2D eigenvalue weighted by molar-refractivity contribution is 7.17. The van der Waals surface area contributed by atoms with Crippen LogP contribution in [0.2, 0.25) is 0 Å². The Balaban J connectivity index is 1.33. The molecule has 8 heteroatoms. The molecule has 0 radical (unpaired) electrons. The number of amides is 1. The average Bonchev–Trinajstić information content (AvgIpc) is 3.15. The summed E-state index contributed by atoms with van der Waals surface area (Å²) in [5.41, 5.74) is 3.02. The highest BCUT2D eigenvalue weighted by Crippen LogP contribution is 2.25. The van der Waals surface area contributed by atoms with Gasteiger partial charge in [-0.3, -0.25) is 9.69 Å². The molecule has 2 aromatic heterocycles. The Morgan fingerprint density at radius 3 is 2.45 bits per heavy atom. The van der Waals surface area contributed by atoms with Crippen molar-refractivity contribution in [3.63, 3.8) is 0 Å². The second kappa shape index (κ2) is 9.64. The van der Waals surface area contributed by atoms with E-state index in [0.29, 0.717) is 27.9 Å². The maximum absolute atomic E-state index is 12.7. The highest BCUT2D eigenvalue weighted by Gasteiger charge is 2.22. The van der Waals surface area contributed by atoms with E-state index in [9.17, 15) is 4.79 Å². The summed E-state index contributed by atoms with van der Waals surface area (Å²) >= 11 is 1.31. The number of carbonyl (C=O) groups excluding carboxylic acids is 1. The standard InChI is InChI=1S/C23H27N5O2S/c1-15-12-28(13-16(2)30-15)14-19-7-5-18(6-8-19)11-26-22(29)20-17(3)27-23(31-20)21-24-9-4-10-25-21/h4-10,15-16H,11-14H2,1-3H3,(H,26,29). The number of carbonyl (C=O) groups is 1. The predicted octanol–water partition coefficient (Wildman–Crippen LogP) is 3.45. The van der Waals surface area contributed by atoms with Crippen LogP contribution in [0.3, 0.4) is 0 Å². The monoisotopic (exact) mass is 437 g/mol. The largest absolute Gasteiger partial charge is 0.373 e. The SMILES string of the molecule is Cc1nc(-c2ncccn2)sc1C(=O)NCc1ccc(CN2CC(C)OC(C)C2)cc1. The van der Waals surface area contributed by atoms with Crippen molar-refractivity contribution in [3.8, 4) is 10.8 Å². The van der Waals surface area contributed by atoms with E-state index in [-0.39, 0.29) is 18.1 Å². The second-order valence-corrected chi connectivity index (χ2v) is 8.96.